The molecule has 0 unspecified atom stereocenters. The van der Waals surface area contributed by atoms with E-state index in [1.165, 1.54) is 16.0 Å². The van der Waals surface area contributed by atoms with Crippen LogP contribution >= 0.6 is 34.5 Å². The molecule has 1 fully saturated rings. The topological polar surface area (TPSA) is 101 Å². The van der Waals surface area contributed by atoms with Crippen molar-refractivity contribution in [3.63, 3.8) is 0 Å². The molecular weight excluding hydrogens is 612 g/mol. The molecule has 5 aromatic rings. The summed E-state index contributed by atoms with van der Waals surface area (Å²) in [5, 5.41) is 20.7. The smallest absolute Gasteiger partial charge is 0.257 e. The monoisotopic (exact) mass is 639 g/mol. The molecule has 43 heavy (non-hydrogen) atoms. The third-order valence-electron chi connectivity index (χ3n) is 8.34. The Hall–Kier alpha value is -3.51. The van der Waals surface area contributed by atoms with Crippen LogP contribution in [0.15, 0.2) is 54.4 Å². The summed E-state index contributed by atoms with van der Waals surface area (Å²) in [5.41, 5.74) is 4.26. The molecule has 0 aliphatic carbocycles. The lowest BCUT2D eigenvalue weighted by Crippen LogP contribution is -2.34. The molecule has 222 valence electrons. The van der Waals surface area contributed by atoms with Gasteiger partial charge in [0.05, 0.1) is 28.6 Å². The highest BCUT2D eigenvalue weighted by Crippen LogP contribution is 2.40. The van der Waals surface area contributed by atoms with E-state index in [2.05, 4.69) is 32.3 Å². The first-order chi connectivity index (χ1) is 20.9. The molecule has 0 radical (unpaired) electrons. The zero-order valence-corrected chi connectivity index (χ0v) is 25.3. The number of carbonyl (C=O) groups excluding carboxylic acids is 1. The van der Waals surface area contributed by atoms with Gasteiger partial charge in [0.1, 0.15) is 11.7 Å². The Morgan fingerprint density at radius 1 is 1.19 bits per heavy atom. The van der Waals surface area contributed by atoms with Gasteiger partial charge in [0, 0.05) is 66.2 Å². The Labute approximate surface area is 260 Å². The van der Waals surface area contributed by atoms with E-state index < -0.39 is 18.1 Å². The van der Waals surface area contributed by atoms with Gasteiger partial charge in [-0.2, -0.15) is 5.10 Å². The molecule has 0 bridgehead atoms. The molecule has 2 N–H and O–H groups in total. The molecule has 2 atom stereocenters. The highest BCUT2D eigenvalue weighted by atomic mass is 35.5. The summed E-state index contributed by atoms with van der Waals surface area (Å²) in [5.74, 6) is -0.0335. The van der Waals surface area contributed by atoms with E-state index in [-0.39, 0.29) is 19.6 Å². The number of fused-ring (bicyclic) bond motifs is 2. The molecule has 9 nitrogen and oxygen atoms in total. The molecule has 1 amide bonds. The summed E-state index contributed by atoms with van der Waals surface area (Å²) >= 11 is 15.1. The molecule has 3 aromatic heterocycles. The maximum Gasteiger partial charge on any atom is 0.257 e. The fraction of sp³-hybridized carbons (Fsp3) is 0.333. The van der Waals surface area contributed by atoms with Crippen LogP contribution in [-0.4, -0.2) is 61.2 Å². The number of hydrogen-bond acceptors (Lipinski definition) is 7. The number of aliphatic hydroxyl groups is 1. The van der Waals surface area contributed by atoms with Gasteiger partial charge in [-0.05, 0) is 42.5 Å². The van der Waals surface area contributed by atoms with Crippen molar-refractivity contribution in [2.75, 3.05) is 29.9 Å². The number of nitrogens with zero attached hydrogens (tertiary/aromatic N) is 6. The summed E-state index contributed by atoms with van der Waals surface area (Å²) < 4.78 is 17.6. The highest BCUT2D eigenvalue weighted by Gasteiger charge is 2.34. The number of aliphatic hydroxyl groups excluding tert-OH is 1. The predicted octanol–water partition coefficient (Wildman–Crippen LogP) is 5.99. The van der Waals surface area contributed by atoms with Crippen molar-refractivity contribution >= 4 is 62.2 Å². The number of benzene rings is 2. The second-order valence-corrected chi connectivity index (χ2v) is 12.7. The van der Waals surface area contributed by atoms with E-state index in [0.717, 1.165) is 42.7 Å². The molecule has 2 aliphatic rings. The van der Waals surface area contributed by atoms with Crippen LogP contribution in [-0.2, 0) is 17.8 Å². The summed E-state index contributed by atoms with van der Waals surface area (Å²) in [6, 6.07) is 8.98. The first-order valence-electron chi connectivity index (χ1n) is 14.1. The van der Waals surface area contributed by atoms with Gasteiger partial charge in [-0.1, -0.05) is 35.3 Å². The molecule has 0 saturated carbocycles. The number of amides is 1. The molecule has 7 rings (SSSR count). The third kappa shape index (κ3) is 5.28. The number of carbonyl (C=O) groups is 1. The SMILES string of the molecule is O=C(Nc1nccs1)[C@@H](c1ncn2c1C[C@@H](F)C2)n1cc2c(Cl)cc(-c3ccc(N4CCC(CO)CC4)cc3)c(Cl)c2n1. The molecular formula is C30H28Cl2FN7O2S. The minimum Gasteiger partial charge on any atom is -0.396 e. The average molecular weight is 641 g/mol. The number of halogens is 3. The van der Waals surface area contributed by atoms with Crippen LogP contribution in [0.4, 0.5) is 15.2 Å². The van der Waals surface area contributed by atoms with Gasteiger partial charge in [-0.25, -0.2) is 14.4 Å². The van der Waals surface area contributed by atoms with Crippen LogP contribution < -0.4 is 10.2 Å². The molecule has 5 heterocycles. The minimum atomic E-state index is -1.04. The standard InChI is InChI=1S/C30H28Cl2FN7O2S/c31-23-12-21(18-1-3-20(4-2-18)38-8-5-17(15-41)6-9-38)25(32)26-22(23)14-40(37-26)28(29(42)36-30-34-7-10-43-30)27-24-11-19(33)13-39(24)16-35-27/h1-4,7,10,12,14,16-17,19,28,41H,5-6,8-9,11,13,15H2,(H,34,36,42)/t19-,28-/m1/s1. The number of alkyl halides is 1. The van der Waals surface area contributed by atoms with Crippen LogP contribution in [0.3, 0.4) is 0 Å². The van der Waals surface area contributed by atoms with E-state index >= 15 is 0 Å². The summed E-state index contributed by atoms with van der Waals surface area (Å²) in [7, 11) is 0. The molecule has 1 saturated heterocycles. The Bertz CT molecular complexity index is 1780. The van der Waals surface area contributed by atoms with E-state index in [1.54, 1.807) is 28.7 Å². The van der Waals surface area contributed by atoms with Gasteiger partial charge in [0.2, 0.25) is 0 Å². The van der Waals surface area contributed by atoms with Gasteiger partial charge < -0.3 is 14.6 Å². The van der Waals surface area contributed by atoms with E-state index in [4.69, 9.17) is 28.3 Å². The lowest BCUT2D eigenvalue weighted by molar-refractivity contribution is -0.118. The second-order valence-electron chi connectivity index (χ2n) is 11.0. The molecule has 2 aromatic carbocycles. The maximum absolute atomic E-state index is 14.3. The van der Waals surface area contributed by atoms with Crippen molar-refractivity contribution in [3.05, 3.63) is 75.9 Å². The first kappa shape index (κ1) is 28.3. The van der Waals surface area contributed by atoms with Crippen molar-refractivity contribution in [2.24, 2.45) is 5.92 Å². The lowest BCUT2D eigenvalue weighted by Gasteiger charge is -2.33. The van der Waals surface area contributed by atoms with Gasteiger partial charge in [-0.15, -0.1) is 11.3 Å². The van der Waals surface area contributed by atoms with E-state index in [1.807, 2.05) is 18.2 Å². The lowest BCUT2D eigenvalue weighted by atomic mass is 9.97. The number of imidazole rings is 1. The van der Waals surface area contributed by atoms with Gasteiger partial charge in [-0.3, -0.25) is 14.8 Å². The highest BCUT2D eigenvalue weighted by molar-refractivity contribution is 7.13. The van der Waals surface area contributed by atoms with Crippen molar-refractivity contribution in [1.82, 2.24) is 24.3 Å². The van der Waals surface area contributed by atoms with Crippen molar-refractivity contribution in [3.8, 4) is 11.1 Å². The number of aromatic nitrogens is 5. The van der Waals surface area contributed by atoms with Crippen molar-refractivity contribution in [2.45, 2.75) is 38.0 Å². The Kier molecular flexibility index (Phi) is 7.58. The first-order valence-corrected chi connectivity index (χ1v) is 15.7. The normalized spacial score (nSPS) is 17.9. The fourth-order valence-corrected chi connectivity index (χ4v) is 7.12. The van der Waals surface area contributed by atoms with Gasteiger partial charge in [0.25, 0.3) is 5.91 Å². The Morgan fingerprint density at radius 2 is 1.98 bits per heavy atom. The van der Waals surface area contributed by atoms with Crippen LogP contribution in [0, 0.1) is 5.92 Å². The predicted molar refractivity (Wildman–Crippen MR) is 167 cm³/mol. The Balaban J connectivity index is 1.24. The number of anilines is 2. The zero-order valence-electron chi connectivity index (χ0n) is 23.0. The molecule has 0 spiro atoms. The van der Waals surface area contributed by atoms with Crippen molar-refractivity contribution < 1.29 is 14.3 Å². The summed E-state index contributed by atoms with van der Waals surface area (Å²) in [4.78, 5) is 24.7. The minimum absolute atomic E-state index is 0.165. The number of rotatable bonds is 7. The van der Waals surface area contributed by atoms with Crippen LogP contribution in [0.1, 0.15) is 30.3 Å². The fourth-order valence-electron chi connectivity index (χ4n) is 6.04. The molecule has 2 aliphatic heterocycles. The Morgan fingerprint density at radius 3 is 2.70 bits per heavy atom. The summed E-state index contributed by atoms with van der Waals surface area (Å²) in [6.07, 6.45) is 5.92. The summed E-state index contributed by atoms with van der Waals surface area (Å²) in [6.45, 7) is 2.25. The zero-order chi connectivity index (χ0) is 29.7. The van der Waals surface area contributed by atoms with Crippen LogP contribution in [0.5, 0.6) is 0 Å². The van der Waals surface area contributed by atoms with Gasteiger partial charge >= 0.3 is 0 Å². The maximum atomic E-state index is 14.3. The number of piperidine rings is 1. The average Bonchev–Trinajstić information content (AvgIpc) is 3.82. The van der Waals surface area contributed by atoms with Gasteiger partial charge in [0.15, 0.2) is 11.2 Å². The number of hydrogen-bond donors (Lipinski definition) is 2. The molecule has 13 heteroatoms. The largest absolute Gasteiger partial charge is 0.396 e. The van der Waals surface area contributed by atoms with E-state index in [0.29, 0.717) is 43.4 Å². The second kappa shape index (κ2) is 11.5. The number of nitrogens with one attached hydrogen (secondary N) is 1. The van der Waals surface area contributed by atoms with Crippen molar-refractivity contribution in [1.29, 1.82) is 0 Å². The quantitative estimate of drug-likeness (QED) is 0.227. The van der Waals surface area contributed by atoms with Crippen LogP contribution in [0.2, 0.25) is 10.0 Å². The third-order valence-corrected chi connectivity index (χ3v) is 9.73. The van der Waals surface area contributed by atoms with Crippen LogP contribution in [0.25, 0.3) is 22.0 Å². The number of thiazole rings is 1. The van der Waals surface area contributed by atoms with E-state index in [9.17, 15) is 14.3 Å².